The molecule has 0 fully saturated rings. The van der Waals surface area contributed by atoms with Gasteiger partial charge >= 0.3 is 7.67 Å². The monoisotopic (exact) mass is 256 g/mol. The Bertz CT molecular complexity index is 147. The van der Waals surface area contributed by atoms with Gasteiger partial charge in [0.05, 0.1) is 0 Å². The number of alkyl halides is 2. The number of nitrogens with two attached hydrogens (primary N) is 1. The van der Waals surface area contributed by atoms with Gasteiger partial charge in [0.1, 0.15) is 0 Å². The topological polar surface area (TPSA) is 66.6 Å². The summed E-state index contributed by atoms with van der Waals surface area (Å²) in [4.78, 5) is 8.88. The minimum absolute atomic E-state index is 0. The molecule has 0 aromatic heterocycles. The fourth-order valence-electron chi connectivity index (χ4n) is 0.593. The molecule has 0 bridgehead atoms. The first-order valence-electron chi connectivity index (χ1n) is 3.01. The molecule has 0 aliphatic carbocycles. The fourth-order valence-corrected chi connectivity index (χ4v) is 2.01. The van der Waals surface area contributed by atoms with Crippen LogP contribution >= 0.6 is 43.3 Å². The predicted octanol–water partition coefficient (Wildman–Crippen LogP) is 1.25. The molecule has 0 aliphatic rings. The van der Waals surface area contributed by atoms with Gasteiger partial charge in [-0.1, -0.05) is 0 Å². The van der Waals surface area contributed by atoms with E-state index in [1.54, 1.807) is 0 Å². The summed E-state index contributed by atoms with van der Waals surface area (Å²) in [6.07, 6.45) is 0. The highest BCUT2D eigenvalue weighted by Gasteiger charge is 2.21. The molecule has 0 rings (SSSR count). The molecular weight excluding hydrogens is 245 g/mol. The lowest BCUT2D eigenvalue weighted by atomic mass is 10.6. The van der Waals surface area contributed by atoms with Gasteiger partial charge in [0.15, 0.2) is 0 Å². The molecule has 8 heteroatoms. The SMILES string of the molecule is Cl.NP(=O)(O)N(CCCl)CCCl. The van der Waals surface area contributed by atoms with Crippen molar-refractivity contribution in [2.45, 2.75) is 0 Å². The number of hydrogen-bond acceptors (Lipinski definition) is 1. The summed E-state index contributed by atoms with van der Waals surface area (Å²) in [5.41, 5.74) is 4.97. The molecule has 1 atom stereocenters. The molecular formula is C4H12Cl3N2O2P. The molecule has 0 amide bonds. The highest BCUT2D eigenvalue weighted by atomic mass is 35.5. The summed E-state index contributed by atoms with van der Waals surface area (Å²) in [5, 5.41) is 0. The maximum absolute atomic E-state index is 10.8. The van der Waals surface area contributed by atoms with Crippen molar-refractivity contribution in [2.75, 3.05) is 24.8 Å². The van der Waals surface area contributed by atoms with Crippen molar-refractivity contribution in [3.05, 3.63) is 0 Å². The van der Waals surface area contributed by atoms with Crippen LogP contribution in [-0.2, 0) is 4.57 Å². The Morgan fingerprint density at radius 1 is 1.33 bits per heavy atom. The summed E-state index contributed by atoms with van der Waals surface area (Å²) in [5.74, 6) is 0.525. The van der Waals surface area contributed by atoms with Gasteiger partial charge in [-0.15, -0.1) is 35.6 Å². The quantitative estimate of drug-likeness (QED) is 0.574. The van der Waals surface area contributed by atoms with Crippen molar-refractivity contribution < 1.29 is 9.46 Å². The molecule has 76 valence electrons. The van der Waals surface area contributed by atoms with E-state index in [2.05, 4.69) is 0 Å². The Morgan fingerprint density at radius 2 is 1.67 bits per heavy atom. The minimum atomic E-state index is -3.64. The Kier molecular flexibility index (Phi) is 9.52. The van der Waals surface area contributed by atoms with E-state index >= 15 is 0 Å². The van der Waals surface area contributed by atoms with Crippen LogP contribution in [0.3, 0.4) is 0 Å². The van der Waals surface area contributed by atoms with E-state index in [1.807, 2.05) is 0 Å². The fraction of sp³-hybridized carbons (Fsp3) is 1.00. The van der Waals surface area contributed by atoms with E-state index in [4.69, 9.17) is 33.6 Å². The zero-order valence-corrected chi connectivity index (χ0v) is 9.54. The van der Waals surface area contributed by atoms with E-state index in [1.165, 1.54) is 4.67 Å². The largest absolute Gasteiger partial charge is 0.338 e. The van der Waals surface area contributed by atoms with Gasteiger partial charge in [0.2, 0.25) is 0 Å². The Balaban J connectivity index is 0. The van der Waals surface area contributed by atoms with Gasteiger partial charge in [-0.3, -0.25) is 4.57 Å². The lowest BCUT2D eigenvalue weighted by Crippen LogP contribution is -2.28. The molecule has 12 heavy (non-hydrogen) atoms. The Hall–Kier alpha value is 0.980. The molecule has 3 N–H and O–H groups in total. The standard InChI is InChI=1S/C4H11Cl2N2O2P.ClH/c5-1-3-8(4-2-6)11(7,9)10;/h1-4H2,(H3,7,9,10);1H. The molecule has 0 spiro atoms. The second-order valence-corrected chi connectivity index (χ2v) is 4.42. The smallest absolute Gasteiger partial charge is 0.322 e. The molecule has 0 heterocycles. The summed E-state index contributed by atoms with van der Waals surface area (Å²) in [7, 11) is -3.64. The Morgan fingerprint density at radius 3 is 1.83 bits per heavy atom. The first kappa shape index (κ1) is 15.5. The molecule has 0 saturated carbocycles. The third-order valence-electron chi connectivity index (χ3n) is 1.09. The van der Waals surface area contributed by atoms with Crippen molar-refractivity contribution >= 4 is 43.3 Å². The van der Waals surface area contributed by atoms with Crippen molar-refractivity contribution in [2.24, 2.45) is 5.50 Å². The van der Waals surface area contributed by atoms with Crippen LogP contribution in [0.1, 0.15) is 0 Å². The van der Waals surface area contributed by atoms with Crippen LogP contribution in [0.5, 0.6) is 0 Å². The summed E-state index contributed by atoms with van der Waals surface area (Å²) in [6, 6.07) is 0. The summed E-state index contributed by atoms with van der Waals surface area (Å²) >= 11 is 10.7. The molecule has 0 aromatic rings. The van der Waals surface area contributed by atoms with Gasteiger partial charge < -0.3 is 4.89 Å². The summed E-state index contributed by atoms with van der Waals surface area (Å²) in [6.45, 7) is 0.553. The second-order valence-electron chi connectivity index (χ2n) is 1.92. The van der Waals surface area contributed by atoms with Crippen LogP contribution < -0.4 is 5.50 Å². The van der Waals surface area contributed by atoms with Gasteiger partial charge in [-0.05, 0) is 0 Å². The maximum Gasteiger partial charge on any atom is 0.338 e. The normalized spacial score (nSPS) is 15.4. The van der Waals surface area contributed by atoms with Crippen molar-refractivity contribution in [1.82, 2.24) is 4.67 Å². The summed E-state index contributed by atoms with van der Waals surface area (Å²) < 4.78 is 12.0. The first-order valence-corrected chi connectivity index (χ1v) is 5.76. The second kappa shape index (κ2) is 7.39. The third-order valence-corrected chi connectivity index (χ3v) is 2.64. The molecule has 0 aliphatic heterocycles. The highest BCUT2D eigenvalue weighted by molar-refractivity contribution is 7.52. The lowest BCUT2D eigenvalue weighted by Gasteiger charge is -2.21. The molecule has 1 unspecified atom stereocenters. The molecule has 4 nitrogen and oxygen atoms in total. The minimum Gasteiger partial charge on any atom is -0.322 e. The van der Waals surface area contributed by atoms with Crippen molar-refractivity contribution in [3.63, 3.8) is 0 Å². The van der Waals surface area contributed by atoms with Crippen LogP contribution in [0.4, 0.5) is 0 Å². The van der Waals surface area contributed by atoms with Gasteiger partial charge in [0.25, 0.3) is 0 Å². The third kappa shape index (κ3) is 6.49. The highest BCUT2D eigenvalue weighted by Crippen LogP contribution is 2.34. The molecule has 0 saturated heterocycles. The Labute approximate surface area is 88.0 Å². The number of hydrogen-bond donors (Lipinski definition) is 2. The number of rotatable bonds is 5. The molecule has 0 radical (unpaired) electrons. The van der Waals surface area contributed by atoms with Gasteiger partial charge in [-0.2, -0.15) is 0 Å². The first-order chi connectivity index (χ1) is 5.02. The number of halogens is 3. The van der Waals surface area contributed by atoms with E-state index in [0.717, 1.165) is 0 Å². The van der Waals surface area contributed by atoms with Crippen molar-refractivity contribution in [1.29, 1.82) is 0 Å². The van der Waals surface area contributed by atoms with Crippen LogP contribution in [0, 0.1) is 0 Å². The van der Waals surface area contributed by atoms with Crippen LogP contribution in [0.2, 0.25) is 0 Å². The van der Waals surface area contributed by atoms with Crippen LogP contribution in [0.25, 0.3) is 0 Å². The zero-order valence-electron chi connectivity index (χ0n) is 6.32. The van der Waals surface area contributed by atoms with Gasteiger partial charge in [0, 0.05) is 24.8 Å². The molecule has 0 aromatic carbocycles. The lowest BCUT2D eigenvalue weighted by molar-refractivity contribution is 0.368. The van der Waals surface area contributed by atoms with Gasteiger partial charge in [-0.25, -0.2) is 10.2 Å². The predicted molar refractivity (Wildman–Crippen MR) is 54.3 cm³/mol. The maximum atomic E-state index is 10.8. The van der Waals surface area contributed by atoms with Crippen LogP contribution in [-0.4, -0.2) is 34.4 Å². The van der Waals surface area contributed by atoms with E-state index < -0.39 is 7.67 Å². The van der Waals surface area contributed by atoms with Crippen LogP contribution in [0.15, 0.2) is 0 Å². The van der Waals surface area contributed by atoms with E-state index in [0.29, 0.717) is 0 Å². The number of nitrogens with zero attached hydrogens (tertiary/aromatic N) is 1. The average Bonchev–Trinajstić information content (AvgIpc) is 1.85. The van der Waals surface area contributed by atoms with E-state index in [9.17, 15) is 4.57 Å². The van der Waals surface area contributed by atoms with E-state index in [-0.39, 0.29) is 37.3 Å². The zero-order chi connectivity index (χ0) is 8.91. The van der Waals surface area contributed by atoms with Crippen molar-refractivity contribution in [3.8, 4) is 0 Å². The average molecular weight is 257 g/mol.